The van der Waals surface area contributed by atoms with Gasteiger partial charge in [0, 0.05) is 42.6 Å². The molecule has 3 rings (SSSR count). The maximum Gasteiger partial charge on any atom is 0.223 e. The van der Waals surface area contributed by atoms with Gasteiger partial charge in [0.1, 0.15) is 5.82 Å². The lowest BCUT2D eigenvalue weighted by Crippen LogP contribution is -2.44. The van der Waals surface area contributed by atoms with E-state index in [4.69, 9.17) is 21.3 Å². The predicted octanol–water partition coefficient (Wildman–Crippen LogP) is 3.56. The summed E-state index contributed by atoms with van der Waals surface area (Å²) in [6, 6.07) is 7.98. The van der Waals surface area contributed by atoms with Gasteiger partial charge in [-0.2, -0.15) is 0 Å². The minimum atomic E-state index is 0.0417. The van der Waals surface area contributed by atoms with Crippen LogP contribution in [0, 0.1) is 12.8 Å². The van der Waals surface area contributed by atoms with Crippen molar-refractivity contribution >= 4 is 34.2 Å². The molecule has 0 saturated carbocycles. The fourth-order valence-electron chi connectivity index (χ4n) is 3.54. The van der Waals surface area contributed by atoms with Crippen LogP contribution in [-0.2, 0) is 9.53 Å². The van der Waals surface area contributed by atoms with Crippen molar-refractivity contribution in [2.24, 2.45) is 5.92 Å². The third-order valence-corrected chi connectivity index (χ3v) is 5.20. The zero-order valence-corrected chi connectivity index (χ0v) is 16.3. The van der Waals surface area contributed by atoms with E-state index in [-0.39, 0.29) is 17.9 Å². The molecule has 5 nitrogen and oxygen atoms in total. The topological polar surface area (TPSA) is 54.5 Å². The van der Waals surface area contributed by atoms with Gasteiger partial charge >= 0.3 is 0 Å². The van der Waals surface area contributed by atoms with Crippen LogP contribution in [0.2, 0.25) is 5.02 Å². The number of methoxy groups -OCH3 is 1. The van der Waals surface area contributed by atoms with Gasteiger partial charge in [-0.15, -0.1) is 0 Å². The lowest BCUT2D eigenvalue weighted by Gasteiger charge is -2.33. The lowest BCUT2D eigenvalue weighted by molar-refractivity contribution is -0.126. The van der Waals surface area contributed by atoms with Crippen LogP contribution in [0.4, 0.5) is 5.82 Å². The van der Waals surface area contributed by atoms with Crippen molar-refractivity contribution < 1.29 is 9.53 Å². The van der Waals surface area contributed by atoms with Gasteiger partial charge < -0.3 is 15.0 Å². The fourth-order valence-corrected chi connectivity index (χ4v) is 3.71. The number of pyridine rings is 1. The molecule has 1 atom stereocenters. The zero-order chi connectivity index (χ0) is 18.7. The predicted molar refractivity (Wildman–Crippen MR) is 106 cm³/mol. The summed E-state index contributed by atoms with van der Waals surface area (Å²) in [5.41, 5.74) is 2.11. The Morgan fingerprint density at radius 1 is 1.38 bits per heavy atom. The molecule has 1 aromatic heterocycles. The molecule has 6 heteroatoms. The van der Waals surface area contributed by atoms with Crippen LogP contribution in [0.5, 0.6) is 0 Å². The standard InChI is InChI=1S/C20H26ClN3O2/c1-13-10-19(23-18-11-16(21)4-5-17(13)18)24-8-6-15(7-9-24)20(25)22-14(2)12-26-3/h4-5,10-11,14-15H,6-9,12H2,1-3H3,(H,22,25)/t14-/m0/s1. The van der Waals surface area contributed by atoms with Crippen LogP contribution < -0.4 is 10.2 Å². The fraction of sp³-hybridized carbons (Fsp3) is 0.500. The molecule has 1 aliphatic rings. The van der Waals surface area contributed by atoms with Crippen molar-refractivity contribution in [2.75, 3.05) is 31.7 Å². The second-order valence-electron chi connectivity index (χ2n) is 7.09. The Bertz CT molecular complexity index is 788. The van der Waals surface area contributed by atoms with E-state index in [1.807, 2.05) is 25.1 Å². The van der Waals surface area contributed by atoms with E-state index < -0.39 is 0 Å². The number of hydrogen-bond acceptors (Lipinski definition) is 4. The second-order valence-corrected chi connectivity index (χ2v) is 7.52. The number of aromatic nitrogens is 1. The molecule has 2 heterocycles. The van der Waals surface area contributed by atoms with E-state index >= 15 is 0 Å². The number of piperidine rings is 1. The number of aryl methyl sites for hydroxylation is 1. The normalized spacial score (nSPS) is 16.7. The van der Waals surface area contributed by atoms with Gasteiger partial charge in [-0.1, -0.05) is 17.7 Å². The smallest absolute Gasteiger partial charge is 0.223 e. The highest BCUT2D eigenvalue weighted by Gasteiger charge is 2.26. The number of nitrogens with one attached hydrogen (secondary N) is 1. The van der Waals surface area contributed by atoms with Crippen molar-refractivity contribution in [1.82, 2.24) is 10.3 Å². The summed E-state index contributed by atoms with van der Waals surface area (Å²) in [4.78, 5) is 19.4. The van der Waals surface area contributed by atoms with Crippen LogP contribution in [0.3, 0.4) is 0 Å². The largest absolute Gasteiger partial charge is 0.383 e. The van der Waals surface area contributed by atoms with Gasteiger partial charge in [0.15, 0.2) is 0 Å². The number of nitrogens with zero attached hydrogens (tertiary/aromatic N) is 2. The Labute approximate surface area is 159 Å². The highest BCUT2D eigenvalue weighted by Crippen LogP contribution is 2.28. The molecule has 1 N–H and O–H groups in total. The number of carbonyl (C=O) groups excluding carboxylic acids is 1. The molecular weight excluding hydrogens is 350 g/mol. The van der Waals surface area contributed by atoms with Crippen molar-refractivity contribution in [2.45, 2.75) is 32.7 Å². The SMILES string of the molecule is COC[C@H](C)NC(=O)C1CCN(c2cc(C)c3ccc(Cl)cc3n2)CC1. The number of benzene rings is 1. The number of halogens is 1. The van der Waals surface area contributed by atoms with Crippen LogP contribution in [0.1, 0.15) is 25.3 Å². The van der Waals surface area contributed by atoms with E-state index in [9.17, 15) is 4.79 Å². The molecule has 2 aromatic rings. The van der Waals surface area contributed by atoms with Crippen LogP contribution in [0.25, 0.3) is 10.9 Å². The Kier molecular flexibility index (Phi) is 5.99. The Morgan fingerprint density at radius 2 is 2.12 bits per heavy atom. The third-order valence-electron chi connectivity index (χ3n) is 4.96. The van der Waals surface area contributed by atoms with Crippen LogP contribution in [0.15, 0.2) is 24.3 Å². The molecule has 1 aromatic carbocycles. The number of ether oxygens (including phenoxy) is 1. The molecule has 0 unspecified atom stereocenters. The molecule has 0 radical (unpaired) electrons. The maximum absolute atomic E-state index is 12.4. The number of anilines is 1. The van der Waals surface area contributed by atoms with Gasteiger partial charge in [-0.05, 0) is 50.5 Å². The molecule has 0 spiro atoms. The first kappa shape index (κ1) is 18.9. The van der Waals surface area contributed by atoms with E-state index in [1.54, 1.807) is 7.11 Å². The zero-order valence-electron chi connectivity index (χ0n) is 15.6. The average molecular weight is 376 g/mol. The van der Waals surface area contributed by atoms with Crippen LogP contribution in [-0.4, -0.2) is 43.7 Å². The first-order chi connectivity index (χ1) is 12.5. The molecule has 1 fully saturated rings. The van der Waals surface area contributed by atoms with Gasteiger partial charge in [0.05, 0.1) is 12.1 Å². The Balaban J connectivity index is 1.66. The first-order valence-electron chi connectivity index (χ1n) is 9.09. The summed E-state index contributed by atoms with van der Waals surface area (Å²) in [6.45, 7) is 6.25. The number of hydrogen-bond donors (Lipinski definition) is 1. The summed E-state index contributed by atoms with van der Waals surface area (Å²) in [5, 5.41) is 4.85. The van der Waals surface area contributed by atoms with E-state index in [1.165, 1.54) is 5.56 Å². The molecule has 140 valence electrons. The number of rotatable bonds is 5. The average Bonchev–Trinajstić information content (AvgIpc) is 2.61. The lowest BCUT2D eigenvalue weighted by atomic mass is 9.95. The van der Waals surface area contributed by atoms with Gasteiger partial charge in [-0.25, -0.2) is 4.98 Å². The monoisotopic (exact) mass is 375 g/mol. The van der Waals surface area contributed by atoms with Gasteiger partial charge in [-0.3, -0.25) is 4.79 Å². The van der Waals surface area contributed by atoms with Crippen molar-refractivity contribution in [1.29, 1.82) is 0 Å². The molecule has 0 aliphatic carbocycles. The summed E-state index contributed by atoms with van der Waals surface area (Å²) in [7, 11) is 1.65. The molecule has 26 heavy (non-hydrogen) atoms. The quantitative estimate of drug-likeness (QED) is 0.868. The van der Waals surface area contributed by atoms with E-state index in [0.29, 0.717) is 11.6 Å². The summed E-state index contributed by atoms with van der Waals surface area (Å²) in [5.74, 6) is 1.15. The van der Waals surface area contributed by atoms with Crippen LogP contribution >= 0.6 is 11.6 Å². The maximum atomic E-state index is 12.4. The molecule has 1 saturated heterocycles. The highest BCUT2D eigenvalue weighted by molar-refractivity contribution is 6.31. The molecular formula is C20H26ClN3O2. The van der Waals surface area contributed by atoms with Gasteiger partial charge in [0.25, 0.3) is 0 Å². The second kappa shape index (κ2) is 8.23. The number of amides is 1. The summed E-state index contributed by atoms with van der Waals surface area (Å²) in [6.07, 6.45) is 1.67. The summed E-state index contributed by atoms with van der Waals surface area (Å²) >= 11 is 6.12. The Hall–Kier alpha value is -1.85. The molecule has 1 aliphatic heterocycles. The third kappa shape index (κ3) is 4.27. The molecule has 1 amide bonds. The van der Waals surface area contributed by atoms with Crippen molar-refractivity contribution in [3.05, 3.63) is 34.9 Å². The Morgan fingerprint density at radius 3 is 2.81 bits per heavy atom. The first-order valence-corrected chi connectivity index (χ1v) is 9.47. The van der Waals surface area contributed by atoms with Gasteiger partial charge in [0.2, 0.25) is 5.91 Å². The van der Waals surface area contributed by atoms with Crippen molar-refractivity contribution in [3.8, 4) is 0 Å². The minimum absolute atomic E-state index is 0.0417. The van der Waals surface area contributed by atoms with E-state index in [0.717, 1.165) is 42.7 Å². The summed E-state index contributed by atoms with van der Waals surface area (Å²) < 4.78 is 5.08. The van der Waals surface area contributed by atoms with Crippen molar-refractivity contribution in [3.63, 3.8) is 0 Å². The highest BCUT2D eigenvalue weighted by atomic mass is 35.5. The number of carbonyl (C=O) groups is 1. The number of fused-ring (bicyclic) bond motifs is 1. The minimum Gasteiger partial charge on any atom is -0.383 e. The van der Waals surface area contributed by atoms with E-state index in [2.05, 4.69) is 23.2 Å². The molecule has 0 bridgehead atoms.